The van der Waals surface area contributed by atoms with Gasteiger partial charge in [-0.05, 0) is 67.8 Å². The number of nitrogen functional groups attached to an aromatic ring is 1. The summed E-state index contributed by atoms with van der Waals surface area (Å²) in [5.74, 6) is -2.76. The Morgan fingerprint density at radius 2 is 1.44 bits per heavy atom. The average Bonchev–Trinajstić information content (AvgIpc) is 2.55. The second kappa shape index (κ2) is 9.70. The Labute approximate surface area is 183 Å². The zero-order chi connectivity index (χ0) is 19.3. The lowest BCUT2D eigenvalue weighted by atomic mass is 10.1. The van der Waals surface area contributed by atoms with Gasteiger partial charge in [-0.25, -0.2) is 4.79 Å². The number of nitrogens with one attached hydrogen (secondary N) is 3. The number of benzene rings is 1. The van der Waals surface area contributed by atoms with Crippen molar-refractivity contribution in [3.63, 3.8) is 0 Å². The molecule has 0 aliphatic rings. The van der Waals surface area contributed by atoms with Crippen LogP contribution in [0.15, 0.2) is 0 Å². The Hall–Kier alpha value is -0.910. The van der Waals surface area contributed by atoms with Gasteiger partial charge in [0.2, 0.25) is 11.8 Å². The van der Waals surface area contributed by atoms with Gasteiger partial charge in [0.1, 0.15) is 0 Å². The number of carboxylic acid groups (broad SMARTS) is 1. The molecular formula is C13H13I3N4O5. The molecule has 0 saturated heterocycles. The number of halogens is 3. The largest absolute Gasteiger partial charge is 0.478 e. The van der Waals surface area contributed by atoms with Gasteiger partial charge in [0.25, 0.3) is 5.91 Å². The number of anilines is 1. The van der Waals surface area contributed by atoms with Crippen molar-refractivity contribution in [1.29, 1.82) is 0 Å². The molecule has 0 aliphatic carbocycles. The van der Waals surface area contributed by atoms with Crippen molar-refractivity contribution in [2.75, 3.05) is 25.9 Å². The second-order valence-electron chi connectivity index (χ2n) is 4.54. The molecule has 1 aromatic rings. The van der Waals surface area contributed by atoms with E-state index in [1.54, 1.807) is 22.6 Å². The lowest BCUT2D eigenvalue weighted by molar-refractivity contribution is -0.125. The first-order valence-electron chi connectivity index (χ1n) is 6.56. The van der Waals surface area contributed by atoms with Gasteiger partial charge in [0, 0.05) is 10.6 Å². The Balaban J connectivity index is 2.98. The highest BCUT2D eigenvalue weighted by atomic mass is 127. The Kier molecular flexibility index (Phi) is 8.58. The molecule has 1 aromatic carbocycles. The molecule has 0 heterocycles. The van der Waals surface area contributed by atoms with Gasteiger partial charge in [-0.1, -0.05) is 0 Å². The molecule has 25 heavy (non-hydrogen) atoms. The molecule has 136 valence electrons. The van der Waals surface area contributed by atoms with Crippen LogP contribution in [0.25, 0.3) is 0 Å². The number of carbonyl (C=O) groups is 4. The van der Waals surface area contributed by atoms with Crippen molar-refractivity contribution >= 4 is 97.2 Å². The van der Waals surface area contributed by atoms with Crippen LogP contribution in [0.5, 0.6) is 0 Å². The molecule has 0 atom stereocenters. The van der Waals surface area contributed by atoms with E-state index in [9.17, 15) is 24.3 Å². The zero-order valence-corrected chi connectivity index (χ0v) is 19.2. The summed E-state index contributed by atoms with van der Waals surface area (Å²) in [5, 5.41) is 16.4. The van der Waals surface area contributed by atoms with Gasteiger partial charge in [0.15, 0.2) is 0 Å². The summed E-state index contributed by atoms with van der Waals surface area (Å²) in [4.78, 5) is 46.5. The fourth-order valence-electron chi connectivity index (χ4n) is 1.65. The topological polar surface area (TPSA) is 151 Å². The van der Waals surface area contributed by atoms with E-state index in [1.807, 2.05) is 45.2 Å². The molecule has 0 spiro atoms. The van der Waals surface area contributed by atoms with Crippen LogP contribution < -0.4 is 21.7 Å². The number of carbonyl (C=O) groups excluding carboxylic acids is 3. The lowest BCUT2D eigenvalue weighted by Gasteiger charge is -2.15. The fourth-order valence-corrected chi connectivity index (χ4v) is 5.77. The SMILES string of the molecule is CNC(=O)CNC(=O)CNC(=O)c1c(I)c(N)c(I)c(C(=O)O)c1I. The van der Waals surface area contributed by atoms with Gasteiger partial charge < -0.3 is 26.8 Å². The quantitative estimate of drug-likeness (QED) is 0.216. The highest BCUT2D eigenvalue weighted by molar-refractivity contribution is 14.1. The van der Waals surface area contributed by atoms with Crippen molar-refractivity contribution in [3.05, 3.63) is 21.8 Å². The van der Waals surface area contributed by atoms with E-state index in [-0.39, 0.29) is 39.4 Å². The van der Waals surface area contributed by atoms with E-state index < -0.39 is 17.8 Å². The van der Waals surface area contributed by atoms with Crippen LogP contribution in [-0.4, -0.2) is 48.9 Å². The summed E-state index contributed by atoms with van der Waals surface area (Å²) >= 11 is 5.44. The molecule has 9 nitrogen and oxygen atoms in total. The zero-order valence-electron chi connectivity index (χ0n) is 12.7. The molecular weight excluding hydrogens is 673 g/mol. The Morgan fingerprint density at radius 3 is 1.96 bits per heavy atom. The van der Waals surface area contributed by atoms with Crippen LogP contribution in [0.2, 0.25) is 0 Å². The predicted molar refractivity (Wildman–Crippen MR) is 115 cm³/mol. The number of amides is 3. The third kappa shape index (κ3) is 5.53. The third-order valence-corrected chi connectivity index (χ3v) is 6.25. The molecule has 0 radical (unpaired) electrons. The summed E-state index contributed by atoms with van der Waals surface area (Å²) in [7, 11) is 1.43. The number of likely N-dealkylation sites (N-methyl/N-ethyl adjacent to an activating group) is 1. The number of hydrogen-bond acceptors (Lipinski definition) is 5. The normalized spacial score (nSPS) is 10.1. The van der Waals surface area contributed by atoms with Gasteiger partial charge >= 0.3 is 5.97 Å². The molecule has 0 saturated carbocycles. The van der Waals surface area contributed by atoms with Crippen molar-refractivity contribution in [2.24, 2.45) is 0 Å². The van der Waals surface area contributed by atoms with E-state index in [2.05, 4.69) is 16.0 Å². The molecule has 0 aromatic heterocycles. The van der Waals surface area contributed by atoms with Gasteiger partial charge in [0.05, 0.1) is 37.0 Å². The molecule has 0 unspecified atom stereocenters. The Morgan fingerprint density at radius 1 is 0.920 bits per heavy atom. The first-order chi connectivity index (χ1) is 11.6. The molecule has 0 fully saturated rings. The summed E-state index contributed by atoms with van der Waals surface area (Å²) in [6.45, 7) is -0.573. The lowest BCUT2D eigenvalue weighted by Crippen LogP contribution is -2.41. The van der Waals surface area contributed by atoms with Crippen LogP contribution in [0.4, 0.5) is 5.69 Å². The first kappa shape index (κ1) is 22.1. The van der Waals surface area contributed by atoms with Crippen molar-refractivity contribution in [3.8, 4) is 0 Å². The van der Waals surface area contributed by atoms with Crippen molar-refractivity contribution in [1.82, 2.24) is 16.0 Å². The summed E-state index contributed by atoms with van der Waals surface area (Å²) < 4.78 is 0.981. The molecule has 6 N–H and O–H groups in total. The minimum atomic E-state index is -1.20. The maximum Gasteiger partial charge on any atom is 0.337 e. The summed E-state index contributed by atoms with van der Waals surface area (Å²) in [5.41, 5.74) is 6.11. The number of aromatic carboxylic acids is 1. The molecule has 0 bridgehead atoms. The molecule has 12 heteroatoms. The maximum atomic E-state index is 12.4. The molecule has 0 aliphatic heterocycles. The number of carboxylic acids is 1. The highest BCUT2D eigenvalue weighted by Gasteiger charge is 2.26. The van der Waals surface area contributed by atoms with Crippen LogP contribution in [0.3, 0.4) is 0 Å². The van der Waals surface area contributed by atoms with E-state index >= 15 is 0 Å². The fraction of sp³-hybridized carbons (Fsp3) is 0.231. The number of hydrogen-bond donors (Lipinski definition) is 5. The number of nitrogens with two attached hydrogens (primary N) is 1. The highest BCUT2D eigenvalue weighted by Crippen LogP contribution is 2.33. The van der Waals surface area contributed by atoms with E-state index in [1.165, 1.54) is 7.05 Å². The van der Waals surface area contributed by atoms with E-state index in [0.29, 0.717) is 7.14 Å². The Bertz CT molecular complexity index is 754. The van der Waals surface area contributed by atoms with Crippen LogP contribution >= 0.6 is 67.8 Å². The first-order valence-corrected chi connectivity index (χ1v) is 9.80. The van der Waals surface area contributed by atoms with Crippen LogP contribution in [0.1, 0.15) is 20.7 Å². The summed E-state index contributed by atoms with van der Waals surface area (Å²) in [6.07, 6.45) is 0. The third-order valence-electron chi connectivity index (χ3n) is 2.93. The standard InChI is InChI=1S/C13H13I3N4O5/c1-18-4(21)2-19-5(22)3-20-12(23)6-8(14)7(13(24)25)10(16)11(17)9(6)15/h2-3,17H2,1H3,(H,18,21)(H,19,22)(H,20,23)(H,24,25). The average molecular weight is 686 g/mol. The molecule has 3 amide bonds. The predicted octanol–water partition coefficient (Wildman–Crippen LogP) is 0.373. The van der Waals surface area contributed by atoms with E-state index in [4.69, 9.17) is 5.73 Å². The van der Waals surface area contributed by atoms with Gasteiger partial charge in [-0.3, -0.25) is 14.4 Å². The molecule has 1 rings (SSSR count). The van der Waals surface area contributed by atoms with E-state index in [0.717, 1.165) is 0 Å². The minimum absolute atomic E-state index is 0.0617. The monoisotopic (exact) mass is 686 g/mol. The van der Waals surface area contributed by atoms with Crippen LogP contribution in [-0.2, 0) is 9.59 Å². The summed E-state index contributed by atoms with van der Waals surface area (Å²) in [6, 6.07) is 0. The van der Waals surface area contributed by atoms with Crippen molar-refractivity contribution < 1.29 is 24.3 Å². The maximum absolute atomic E-state index is 12.4. The minimum Gasteiger partial charge on any atom is -0.478 e. The van der Waals surface area contributed by atoms with Crippen molar-refractivity contribution in [2.45, 2.75) is 0 Å². The number of rotatable bonds is 6. The second-order valence-corrected chi connectivity index (χ2v) is 7.78. The smallest absolute Gasteiger partial charge is 0.337 e. The van der Waals surface area contributed by atoms with Gasteiger partial charge in [-0.2, -0.15) is 0 Å². The van der Waals surface area contributed by atoms with Gasteiger partial charge in [-0.15, -0.1) is 0 Å². The van der Waals surface area contributed by atoms with Crippen LogP contribution in [0, 0.1) is 10.7 Å².